The number of rotatable bonds is 1. The highest BCUT2D eigenvalue weighted by atomic mass is 16.5. The summed E-state index contributed by atoms with van der Waals surface area (Å²) in [5.41, 5.74) is 2.17. The highest BCUT2D eigenvalue weighted by molar-refractivity contribution is 5.88. The molecule has 0 amide bonds. The fraction of sp³-hybridized carbons (Fsp3) is 0.667. The Morgan fingerprint density at radius 3 is 2.88 bits per heavy atom. The predicted octanol–water partition coefficient (Wildman–Crippen LogP) is 3.42. The van der Waals surface area contributed by atoms with Crippen LogP contribution < -0.4 is 0 Å². The first-order chi connectivity index (χ1) is 11.4. The van der Waals surface area contributed by atoms with Crippen molar-refractivity contribution in [2.45, 2.75) is 62.7 Å². The summed E-state index contributed by atoms with van der Waals surface area (Å²) in [6.45, 7) is 2.19. The van der Waals surface area contributed by atoms with Crippen LogP contribution in [0.4, 0.5) is 0 Å². The first kappa shape index (κ1) is 15.1. The van der Waals surface area contributed by atoms with Crippen LogP contribution >= 0.6 is 0 Å². The van der Waals surface area contributed by atoms with E-state index in [4.69, 9.17) is 4.74 Å². The van der Waals surface area contributed by atoms with Gasteiger partial charge in [0.25, 0.3) is 0 Å². The molecule has 2 spiro atoms. The first-order valence-corrected chi connectivity index (χ1v) is 9.41. The zero-order chi connectivity index (χ0) is 16.7. The lowest BCUT2D eigenvalue weighted by atomic mass is 9.61. The Labute approximate surface area is 144 Å². The van der Waals surface area contributed by atoms with E-state index in [1.165, 1.54) is 11.1 Å². The molecular weight excluding hydrogens is 298 g/mol. The van der Waals surface area contributed by atoms with Gasteiger partial charge < -0.3 is 9.64 Å². The number of Topliss-reactive ketones (excluding diaryl/α,β-unsaturated/α-hetero) is 1. The van der Waals surface area contributed by atoms with Gasteiger partial charge in [0.2, 0.25) is 0 Å². The Morgan fingerprint density at radius 2 is 2.08 bits per heavy atom. The van der Waals surface area contributed by atoms with Gasteiger partial charge in [0.15, 0.2) is 0 Å². The van der Waals surface area contributed by atoms with E-state index < -0.39 is 0 Å². The van der Waals surface area contributed by atoms with Crippen molar-refractivity contribution in [3.05, 3.63) is 35.5 Å². The molecule has 3 nitrogen and oxygen atoms in total. The first-order valence-electron chi connectivity index (χ1n) is 9.41. The van der Waals surface area contributed by atoms with Gasteiger partial charge in [-0.15, -0.1) is 0 Å². The molecule has 2 fully saturated rings. The molecule has 24 heavy (non-hydrogen) atoms. The number of carbonyl (C=O) groups excluding carboxylic acids is 1. The molecule has 2 bridgehead atoms. The second-order valence-corrected chi connectivity index (χ2v) is 8.98. The lowest BCUT2D eigenvalue weighted by Gasteiger charge is -2.52. The summed E-state index contributed by atoms with van der Waals surface area (Å²) in [7, 11) is 4.29. The lowest BCUT2D eigenvalue weighted by Crippen LogP contribution is -2.54. The summed E-state index contributed by atoms with van der Waals surface area (Å²) >= 11 is 0. The normalized spacial score (nSPS) is 48.8. The molecule has 0 N–H and O–H groups in total. The molecule has 3 aliphatic carbocycles. The topological polar surface area (TPSA) is 29.5 Å². The van der Waals surface area contributed by atoms with Crippen LogP contribution in [-0.2, 0) is 9.53 Å². The lowest BCUT2D eigenvalue weighted by molar-refractivity contribution is -0.145. The molecule has 0 aromatic rings. The van der Waals surface area contributed by atoms with Crippen molar-refractivity contribution in [2.24, 2.45) is 11.3 Å². The van der Waals surface area contributed by atoms with Crippen LogP contribution in [-0.4, -0.2) is 42.0 Å². The number of likely N-dealkylation sites (N-methyl/N-ethyl adjacent to an activating group) is 1. The molecule has 128 valence electrons. The smallest absolute Gasteiger partial charge is 0.139 e. The van der Waals surface area contributed by atoms with Gasteiger partial charge >= 0.3 is 0 Å². The van der Waals surface area contributed by atoms with Crippen LogP contribution in [0.1, 0.15) is 45.4 Å². The Morgan fingerprint density at radius 1 is 1.25 bits per heavy atom. The Balaban J connectivity index is 1.63. The van der Waals surface area contributed by atoms with E-state index in [1.807, 2.05) is 0 Å². The van der Waals surface area contributed by atoms with Crippen molar-refractivity contribution >= 4 is 5.78 Å². The minimum atomic E-state index is -0.204. The fourth-order valence-corrected chi connectivity index (χ4v) is 6.18. The minimum Gasteiger partial charge on any atom is -0.359 e. The van der Waals surface area contributed by atoms with Gasteiger partial charge in [-0.25, -0.2) is 0 Å². The zero-order valence-corrected chi connectivity index (χ0v) is 15.0. The van der Waals surface area contributed by atoms with E-state index in [0.717, 1.165) is 38.5 Å². The molecule has 0 unspecified atom stereocenters. The third kappa shape index (κ3) is 1.63. The van der Waals surface area contributed by atoms with Gasteiger partial charge in [-0.1, -0.05) is 31.2 Å². The van der Waals surface area contributed by atoms with E-state index in [-0.39, 0.29) is 16.6 Å². The molecule has 1 saturated heterocycles. The second-order valence-electron chi connectivity index (χ2n) is 8.98. The SMILES string of the molecule is CN(C)[C@@H]1C=CC2=CC3=CC[C@]4(C)C(=O)CC[C@H]4[C@@]34CC[C@]2(C1)O4. The third-order valence-corrected chi connectivity index (χ3v) is 7.68. The van der Waals surface area contributed by atoms with E-state index in [9.17, 15) is 4.79 Å². The molecule has 2 heterocycles. The molecule has 3 heteroatoms. The highest BCUT2D eigenvalue weighted by Gasteiger charge is 2.66. The second kappa shape index (κ2) is 4.50. The van der Waals surface area contributed by atoms with Crippen LogP contribution in [0, 0.1) is 11.3 Å². The van der Waals surface area contributed by atoms with Crippen molar-refractivity contribution < 1.29 is 9.53 Å². The number of ether oxygens (including phenoxy) is 1. The number of allylic oxidation sites excluding steroid dienone is 1. The molecule has 5 rings (SSSR count). The Bertz CT molecular complexity index is 717. The van der Waals surface area contributed by atoms with Gasteiger partial charge in [0, 0.05) is 23.8 Å². The quantitative estimate of drug-likeness (QED) is 0.740. The predicted molar refractivity (Wildman–Crippen MR) is 93.6 cm³/mol. The van der Waals surface area contributed by atoms with Crippen LogP contribution in [0.5, 0.6) is 0 Å². The number of carbonyl (C=O) groups is 1. The van der Waals surface area contributed by atoms with Gasteiger partial charge in [-0.05, 0) is 57.3 Å². The number of nitrogens with zero attached hydrogens (tertiary/aromatic N) is 1. The number of fused-ring (bicyclic) bond motifs is 1. The molecule has 5 aliphatic rings. The molecule has 0 aromatic carbocycles. The zero-order valence-electron chi connectivity index (χ0n) is 15.0. The molecule has 2 aliphatic heterocycles. The van der Waals surface area contributed by atoms with Crippen molar-refractivity contribution in [1.29, 1.82) is 0 Å². The van der Waals surface area contributed by atoms with Crippen LogP contribution in [0.3, 0.4) is 0 Å². The maximum Gasteiger partial charge on any atom is 0.139 e. The van der Waals surface area contributed by atoms with Gasteiger partial charge in [-0.2, -0.15) is 0 Å². The standard InChI is InChI=1S/C21H27NO2/c1-19-9-8-15-12-14-4-5-16(22(2)3)13-20(14)10-11-21(15,24-20)17(19)6-7-18(19)23/h4-5,8,12,16-17H,6-7,9-11,13H2,1-3H3/t16-,17-,19+,20-,21-/m1/s1. The molecular formula is C21H27NO2. The highest BCUT2D eigenvalue weighted by Crippen LogP contribution is 2.65. The fourth-order valence-electron chi connectivity index (χ4n) is 6.18. The maximum absolute atomic E-state index is 12.6. The van der Waals surface area contributed by atoms with E-state index in [0.29, 0.717) is 17.7 Å². The number of ketones is 1. The van der Waals surface area contributed by atoms with E-state index in [1.54, 1.807) is 0 Å². The summed E-state index contributed by atoms with van der Waals surface area (Å²) in [5.74, 6) is 0.810. The van der Waals surface area contributed by atoms with Crippen molar-refractivity contribution in [3.63, 3.8) is 0 Å². The van der Waals surface area contributed by atoms with Crippen LogP contribution in [0.15, 0.2) is 35.5 Å². The van der Waals surface area contributed by atoms with E-state index >= 15 is 0 Å². The number of hydrogen-bond donors (Lipinski definition) is 0. The average Bonchev–Trinajstić information content (AvgIpc) is 3.02. The minimum absolute atomic E-state index is 0.134. The van der Waals surface area contributed by atoms with Crippen molar-refractivity contribution in [2.75, 3.05) is 14.1 Å². The Kier molecular flexibility index (Phi) is 2.83. The van der Waals surface area contributed by atoms with Crippen molar-refractivity contribution in [1.82, 2.24) is 4.90 Å². The summed E-state index contributed by atoms with van der Waals surface area (Å²) in [5, 5.41) is 0. The van der Waals surface area contributed by atoms with Crippen molar-refractivity contribution in [3.8, 4) is 0 Å². The molecule has 0 radical (unpaired) electrons. The van der Waals surface area contributed by atoms with Gasteiger partial charge in [0.1, 0.15) is 5.78 Å². The van der Waals surface area contributed by atoms with Crippen LogP contribution in [0.2, 0.25) is 0 Å². The molecule has 1 saturated carbocycles. The summed E-state index contributed by atoms with van der Waals surface area (Å²) in [6.07, 6.45) is 15.1. The average molecular weight is 325 g/mol. The summed E-state index contributed by atoms with van der Waals surface area (Å²) in [6, 6.07) is 0.433. The Hall–Kier alpha value is -1.19. The monoisotopic (exact) mass is 325 g/mol. The van der Waals surface area contributed by atoms with Crippen LogP contribution in [0.25, 0.3) is 0 Å². The van der Waals surface area contributed by atoms with Gasteiger partial charge in [-0.3, -0.25) is 4.79 Å². The summed E-state index contributed by atoms with van der Waals surface area (Å²) < 4.78 is 7.02. The van der Waals surface area contributed by atoms with E-state index in [2.05, 4.69) is 50.2 Å². The molecule has 5 atom stereocenters. The van der Waals surface area contributed by atoms with Gasteiger partial charge in [0.05, 0.1) is 11.2 Å². The third-order valence-electron chi connectivity index (χ3n) is 7.68. The number of hydrogen-bond acceptors (Lipinski definition) is 3. The maximum atomic E-state index is 12.6. The summed E-state index contributed by atoms with van der Waals surface area (Å²) in [4.78, 5) is 14.9. The largest absolute Gasteiger partial charge is 0.359 e. The molecule has 0 aromatic heterocycles.